The lowest BCUT2D eigenvalue weighted by Crippen LogP contribution is -2.32. The molecule has 0 radical (unpaired) electrons. The first-order valence-electron chi connectivity index (χ1n) is 6.95. The first-order chi connectivity index (χ1) is 9.52. The van der Waals surface area contributed by atoms with Crippen molar-refractivity contribution in [3.8, 4) is 5.75 Å². The van der Waals surface area contributed by atoms with E-state index >= 15 is 0 Å². The van der Waals surface area contributed by atoms with Crippen LogP contribution in [0.4, 0.5) is 5.69 Å². The van der Waals surface area contributed by atoms with Crippen molar-refractivity contribution in [1.82, 2.24) is 4.90 Å². The van der Waals surface area contributed by atoms with Crippen molar-refractivity contribution < 1.29 is 9.53 Å². The van der Waals surface area contributed by atoms with Gasteiger partial charge in [0.05, 0.1) is 23.4 Å². The number of hydrogen-bond donors (Lipinski definition) is 1. The van der Waals surface area contributed by atoms with E-state index in [1.807, 2.05) is 4.90 Å². The van der Waals surface area contributed by atoms with Gasteiger partial charge >= 0.3 is 0 Å². The second kappa shape index (κ2) is 6.35. The number of carbonyl (C=O) groups is 1. The largest absolute Gasteiger partial charge is 0.496 e. The molecule has 1 amide bonds. The van der Waals surface area contributed by atoms with Gasteiger partial charge < -0.3 is 15.4 Å². The highest BCUT2D eigenvalue weighted by Crippen LogP contribution is 2.30. The summed E-state index contributed by atoms with van der Waals surface area (Å²) in [4.78, 5) is 14.5. The van der Waals surface area contributed by atoms with E-state index in [0.29, 0.717) is 27.9 Å². The van der Waals surface area contributed by atoms with Crippen LogP contribution in [0.2, 0.25) is 5.02 Å². The summed E-state index contributed by atoms with van der Waals surface area (Å²) in [6, 6.07) is 3.21. The Labute approximate surface area is 124 Å². The van der Waals surface area contributed by atoms with E-state index in [-0.39, 0.29) is 5.91 Å². The van der Waals surface area contributed by atoms with Gasteiger partial charge in [0.25, 0.3) is 5.91 Å². The summed E-state index contributed by atoms with van der Waals surface area (Å²) in [5.74, 6) is 1.12. The summed E-state index contributed by atoms with van der Waals surface area (Å²) in [5, 5.41) is 0.386. The molecule has 5 heteroatoms. The Morgan fingerprint density at radius 3 is 2.85 bits per heavy atom. The van der Waals surface area contributed by atoms with Crippen molar-refractivity contribution in [3.63, 3.8) is 0 Å². The van der Waals surface area contributed by atoms with Gasteiger partial charge in [-0.1, -0.05) is 18.5 Å². The van der Waals surface area contributed by atoms with Gasteiger partial charge in [0.15, 0.2) is 0 Å². The molecular formula is C15H21ClN2O2. The number of benzene rings is 1. The number of halogens is 1. The van der Waals surface area contributed by atoms with E-state index < -0.39 is 0 Å². The maximum Gasteiger partial charge on any atom is 0.257 e. The highest BCUT2D eigenvalue weighted by Gasteiger charge is 2.23. The number of carbonyl (C=O) groups excluding carboxylic acids is 1. The monoisotopic (exact) mass is 296 g/mol. The van der Waals surface area contributed by atoms with Gasteiger partial charge in [0.1, 0.15) is 5.75 Å². The highest BCUT2D eigenvalue weighted by atomic mass is 35.5. The van der Waals surface area contributed by atoms with Gasteiger partial charge in [-0.05, 0) is 31.2 Å². The van der Waals surface area contributed by atoms with Crippen LogP contribution >= 0.6 is 11.6 Å². The lowest BCUT2D eigenvalue weighted by molar-refractivity contribution is 0.0757. The molecule has 1 aliphatic heterocycles. The molecule has 2 N–H and O–H groups in total. The topological polar surface area (TPSA) is 55.6 Å². The molecule has 0 bridgehead atoms. The fourth-order valence-corrected chi connectivity index (χ4v) is 2.71. The highest BCUT2D eigenvalue weighted by molar-refractivity contribution is 6.33. The van der Waals surface area contributed by atoms with Crippen LogP contribution in [0.15, 0.2) is 12.1 Å². The Balaban J connectivity index is 2.26. The molecule has 1 heterocycles. The maximum atomic E-state index is 12.6. The van der Waals surface area contributed by atoms with Crippen LogP contribution in [-0.2, 0) is 0 Å². The summed E-state index contributed by atoms with van der Waals surface area (Å²) in [6.45, 7) is 3.80. The second-order valence-electron chi connectivity index (χ2n) is 5.40. The van der Waals surface area contributed by atoms with Crippen LogP contribution in [0.25, 0.3) is 0 Å². The minimum Gasteiger partial charge on any atom is -0.496 e. The number of nitrogen functional groups attached to an aromatic ring is 1. The third-order valence-corrected chi connectivity index (χ3v) is 4.18. The third-order valence-electron chi connectivity index (χ3n) is 3.85. The molecule has 1 unspecified atom stereocenters. The molecule has 1 fully saturated rings. The Kier molecular flexibility index (Phi) is 4.76. The van der Waals surface area contributed by atoms with E-state index in [9.17, 15) is 4.79 Å². The van der Waals surface area contributed by atoms with Crippen molar-refractivity contribution in [3.05, 3.63) is 22.7 Å². The molecule has 110 valence electrons. The normalized spacial score (nSPS) is 19.6. The molecule has 2 rings (SSSR count). The number of nitrogens with zero attached hydrogens (tertiary/aromatic N) is 1. The minimum absolute atomic E-state index is 0.0298. The Hall–Kier alpha value is -1.42. The lowest BCUT2D eigenvalue weighted by atomic mass is 10.0. The van der Waals surface area contributed by atoms with Gasteiger partial charge in [0.2, 0.25) is 0 Å². The zero-order chi connectivity index (χ0) is 14.7. The van der Waals surface area contributed by atoms with Crippen LogP contribution in [0.1, 0.15) is 36.5 Å². The summed E-state index contributed by atoms with van der Waals surface area (Å²) in [6.07, 6.45) is 3.25. The van der Waals surface area contributed by atoms with Crippen LogP contribution < -0.4 is 10.5 Å². The second-order valence-corrected chi connectivity index (χ2v) is 5.81. The molecule has 1 saturated heterocycles. The Morgan fingerprint density at radius 1 is 1.40 bits per heavy atom. The van der Waals surface area contributed by atoms with E-state index in [2.05, 4.69) is 6.92 Å². The smallest absolute Gasteiger partial charge is 0.257 e. The van der Waals surface area contributed by atoms with Crippen molar-refractivity contribution in [1.29, 1.82) is 0 Å². The molecule has 0 aromatic heterocycles. The third kappa shape index (κ3) is 3.18. The summed E-state index contributed by atoms with van der Waals surface area (Å²) in [7, 11) is 1.53. The molecule has 1 atom stereocenters. The van der Waals surface area contributed by atoms with Crippen LogP contribution in [-0.4, -0.2) is 31.0 Å². The predicted molar refractivity (Wildman–Crippen MR) is 81.3 cm³/mol. The van der Waals surface area contributed by atoms with Crippen molar-refractivity contribution in [2.45, 2.75) is 26.2 Å². The van der Waals surface area contributed by atoms with Gasteiger partial charge in [-0.3, -0.25) is 4.79 Å². The standard InChI is InChI=1S/C15H21ClN2O2/c1-10-4-3-6-18(7-5-10)15(19)11-8-12(16)13(17)9-14(11)20-2/h8-10H,3-7,17H2,1-2H3. The zero-order valence-corrected chi connectivity index (χ0v) is 12.7. The zero-order valence-electron chi connectivity index (χ0n) is 12.0. The predicted octanol–water partition coefficient (Wildman–Crippen LogP) is 3.19. The van der Waals surface area contributed by atoms with E-state index in [0.717, 1.165) is 25.9 Å². The Bertz CT molecular complexity index is 505. The van der Waals surface area contributed by atoms with Crippen molar-refractivity contribution in [2.75, 3.05) is 25.9 Å². The van der Waals surface area contributed by atoms with Crippen LogP contribution in [0, 0.1) is 5.92 Å². The molecule has 20 heavy (non-hydrogen) atoms. The molecule has 0 aliphatic carbocycles. The average Bonchev–Trinajstić information content (AvgIpc) is 2.65. The van der Waals surface area contributed by atoms with Crippen LogP contribution in [0.3, 0.4) is 0 Å². The molecule has 1 aromatic carbocycles. The minimum atomic E-state index is -0.0298. The van der Waals surface area contributed by atoms with Gasteiger partial charge in [-0.25, -0.2) is 0 Å². The fraction of sp³-hybridized carbons (Fsp3) is 0.533. The summed E-state index contributed by atoms with van der Waals surface area (Å²) in [5.41, 5.74) is 6.66. The quantitative estimate of drug-likeness (QED) is 0.853. The molecule has 0 saturated carbocycles. The van der Waals surface area contributed by atoms with E-state index in [1.165, 1.54) is 13.5 Å². The molecule has 1 aromatic rings. The lowest BCUT2D eigenvalue weighted by Gasteiger charge is -2.22. The van der Waals surface area contributed by atoms with Crippen molar-refractivity contribution in [2.24, 2.45) is 5.92 Å². The number of likely N-dealkylation sites (tertiary alicyclic amines) is 1. The fourth-order valence-electron chi connectivity index (χ4n) is 2.54. The average molecular weight is 297 g/mol. The summed E-state index contributed by atoms with van der Waals surface area (Å²) < 4.78 is 5.26. The number of amides is 1. The van der Waals surface area contributed by atoms with E-state index in [4.69, 9.17) is 22.1 Å². The van der Waals surface area contributed by atoms with Gasteiger partial charge in [-0.2, -0.15) is 0 Å². The first kappa shape index (κ1) is 15.0. The van der Waals surface area contributed by atoms with Gasteiger partial charge in [0, 0.05) is 19.2 Å². The number of hydrogen-bond acceptors (Lipinski definition) is 3. The number of nitrogens with two attached hydrogens (primary N) is 1. The molecule has 4 nitrogen and oxygen atoms in total. The van der Waals surface area contributed by atoms with Crippen LogP contribution in [0.5, 0.6) is 5.75 Å². The van der Waals surface area contributed by atoms with E-state index in [1.54, 1.807) is 12.1 Å². The number of anilines is 1. The van der Waals surface area contributed by atoms with Gasteiger partial charge in [-0.15, -0.1) is 0 Å². The van der Waals surface area contributed by atoms with Crippen molar-refractivity contribution >= 4 is 23.2 Å². The molecular weight excluding hydrogens is 276 g/mol. The first-order valence-corrected chi connectivity index (χ1v) is 7.33. The maximum absolute atomic E-state index is 12.6. The summed E-state index contributed by atoms with van der Waals surface area (Å²) >= 11 is 6.03. The number of methoxy groups -OCH3 is 1. The SMILES string of the molecule is COc1cc(N)c(Cl)cc1C(=O)N1CCCC(C)CC1. The number of rotatable bonds is 2. The molecule has 0 spiro atoms. The molecule has 1 aliphatic rings. The number of ether oxygens (including phenoxy) is 1. The Morgan fingerprint density at radius 2 is 2.15 bits per heavy atom.